The summed E-state index contributed by atoms with van der Waals surface area (Å²) in [6, 6.07) is 12.0. The van der Waals surface area contributed by atoms with Crippen molar-refractivity contribution in [3.63, 3.8) is 0 Å². The summed E-state index contributed by atoms with van der Waals surface area (Å²) in [6.07, 6.45) is 6.98. The van der Waals surface area contributed by atoms with E-state index in [1.54, 1.807) is 12.3 Å². The molecule has 1 atom stereocenters. The van der Waals surface area contributed by atoms with Crippen molar-refractivity contribution in [3.8, 4) is 0 Å². The topological polar surface area (TPSA) is 40.5 Å². The maximum absolute atomic E-state index is 10.8. The molecule has 2 heterocycles. The van der Waals surface area contributed by atoms with Gasteiger partial charge in [-0.15, -0.1) is 0 Å². The highest BCUT2D eigenvalue weighted by molar-refractivity contribution is 5.74. The molecule has 0 amide bonds. The Balaban J connectivity index is 1.89. The molecule has 1 unspecified atom stereocenters. The molecule has 0 saturated heterocycles. The largest absolute Gasteiger partial charge is 0.462 e. The first-order chi connectivity index (χ1) is 9.86. The quantitative estimate of drug-likeness (QED) is 0.784. The average molecular weight is 269 g/mol. The van der Waals surface area contributed by atoms with Gasteiger partial charge in [0.25, 0.3) is 0 Å². The monoisotopic (exact) mass is 269 g/mol. The van der Waals surface area contributed by atoms with E-state index in [0.717, 1.165) is 18.5 Å². The van der Waals surface area contributed by atoms with E-state index in [4.69, 9.17) is 9.47 Å². The molecule has 3 rings (SSSR count). The third-order valence-corrected chi connectivity index (χ3v) is 3.33. The number of rotatable bonds is 5. The van der Waals surface area contributed by atoms with Crippen molar-refractivity contribution in [3.05, 3.63) is 71.9 Å². The van der Waals surface area contributed by atoms with Crippen LogP contribution in [0.3, 0.4) is 0 Å². The Morgan fingerprint density at radius 1 is 1.25 bits per heavy atom. The Morgan fingerprint density at radius 3 is 2.75 bits per heavy atom. The molecule has 0 radical (unpaired) electrons. The number of hydrogen-bond acceptors (Lipinski definition) is 3. The Hall–Kier alpha value is -2.49. The molecule has 20 heavy (non-hydrogen) atoms. The van der Waals surface area contributed by atoms with E-state index in [1.165, 1.54) is 5.56 Å². The minimum Gasteiger partial charge on any atom is -0.462 e. The van der Waals surface area contributed by atoms with Crippen molar-refractivity contribution in [2.45, 2.75) is 12.5 Å². The second-order valence-electron chi connectivity index (χ2n) is 4.66. The predicted molar refractivity (Wildman–Crippen MR) is 74.1 cm³/mol. The van der Waals surface area contributed by atoms with Crippen LogP contribution >= 0.6 is 0 Å². The average Bonchev–Trinajstić information content (AvgIpc) is 3.17. The fourth-order valence-electron chi connectivity index (χ4n) is 2.31. The number of ether oxygens (including phenoxy) is 2. The van der Waals surface area contributed by atoms with Crippen molar-refractivity contribution in [1.29, 1.82) is 0 Å². The van der Waals surface area contributed by atoms with E-state index >= 15 is 0 Å². The van der Waals surface area contributed by atoms with Crippen molar-refractivity contribution in [2.24, 2.45) is 0 Å². The highest BCUT2D eigenvalue weighted by atomic mass is 16.7. The number of hydrogen-bond donors (Lipinski definition) is 0. The van der Waals surface area contributed by atoms with Crippen LogP contribution in [-0.4, -0.2) is 17.6 Å². The number of nitrogens with zero attached hydrogens (tertiary/aromatic N) is 1. The highest BCUT2D eigenvalue weighted by Crippen LogP contribution is 2.27. The molecule has 4 nitrogen and oxygen atoms in total. The van der Waals surface area contributed by atoms with Crippen LogP contribution in [-0.2, 0) is 15.9 Å². The van der Waals surface area contributed by atoms with Crippen LogP contribution in [0.25, 0.3) is 0 Å². The summed E-state index contributed by atoms with van der Waals surface area (Å²) in [5.41, 5.74) is 1.86. The molecule has 1 aromatic carbocycles. The van der Waals surface area contributed by atoms with Gasteiger partial charge in [0.15, 0.2) is 12.0 Å². The number of aromatic nitrogens is 1. The van der Waals surface area contributed by atoms with Crippen molar-refractivity contribution in [2.75, 3.05) is 6.79 Å². The van der Waals surface area contributed by atoms with E-state index < -0.39 is 0 Å². The zero-order valence-electron chi connectivity index (χ0n) is 10.9. The molecule has 2 aromatic rings. The van der Waals surface area contributed by atoms with E-state index in [2.05, 4.69) is 12.1 Å². The van der Waals surface area contributed by atoms with Gasteiger partial charge in [0.2, 0.25) is 6.79 Å². The van der Waals surface area contributed by atoms with Gasteiger partial charge in [-0.1, -0.05) is 30.3 Å². The maximum atomic E-state index is 10.8. The summed E-state index contributed by atoms with van der Waals surface area (Å²) in [5.74, 6) is 0.780. The molecule has 0 N–H and O–H groups in total. The molecule has 0 aliphatic carbocycles. The SMILES string of the molecule is O=Cc1ccn(C(Cc2ccccc2)C2=COCO2)c1. The lowest BCUT2D eigenvalue weighted by Gasteiger charge is -2.19. The lowest BCUT2D eigenvalue weighted by atomic mass is 10.0. The Bertz CT molecular complexity index is 616. The van der Waals surface area contributed by atoms with Crippen molar-refractivity contribution < 1.29 is 14.3 Å². The molecule has 1 aromatic heterocycles. The van der Waals surface area contributed by atoms with Crippen LogP contribution in [0, 0.1) is 0 Å². The van der Waals surface area contributed by atoms with Crippen LogP contribution in [0.2, 0.25) is 0 Å². The fourth-order valence-corrected chi connectivity index (χ4v) is 2.31. The molecule has 102 valence electrons. The summed E-state index contributed by atoms with van der Waals surface area (Å²) in [6.45, 7) is 0.252. The Labute approximate surface area is 117 Å². The number of allylic oxidation sites excluding steroid dienone is 1. The van der Waals surface area contributed by atoms with Gasteiger partial charge in [0.05, 0.1) is 6.04 Å². The number of carbonyl (C=O) groups is 1. The van der Waals surface area contributed by atoms with Crippen molar-refractivity contribution >= 4 is 6.29 Å². The van der Waals surface area contributed by atoms with Crippen LogP contribution < -0.4 is 0 Å². The number of aldehydes is 1. The highest BCUT2D eigenvalue weighted by Gasteiger charge is 2.22. The molecule has 4 heteroatoms. The number of carbonyl (C=O) groups excluding carboxylic acids is 1. The normalized spacial score (nSPS) is 15.1. The fraction of sp³-hybridized carbons (Fsp3) is 0.188. The molecule has 0 spiro atoms. The van der Waals surface area contributed by atoms with Gasteiger partial charge in [-0.25, -0.2) is 0 Å². The van der Waals surface area contributed by atoms with Crippen LogP contribution in [0.4, 0.5) is 0 Å². The maximum Gasteiger partial charge on any atom is 0.229 e. The van der Waals surface area contributed by atoms with Gasteiger partial charge >= 0.3 is 0 Å². The first kappa shape index (κ1) is 12.5. The van der Waals surface area contributed by atoms with E-state index in [0.29, 0.717) is 5.56 Å². The molecule has 0 bridgehead atoms. The predicted octanol–water partition coefficient (Wildman–Crippen LogP) is 2.93. The molecule has 1 aliphatic rings. The van der Waals surface area contributed by atoms with Gasteiger partial charge in [0.1, 0.15) is 6.26 Å². The first-order valence-electron chi connectivity index (χ1n) is 6.48. The minimum absolute atomic E-state index is 0.00593. The minimum atomic E-state index is -0.00593. The standard InChI is InChI=1S/C16H15NO3/c18-10-14-6-7-17(9-14)15(16-11-19-12-20-16)8-13-4-2-1-3-5-13/h1-7,9-11,15H,8,12H2. The Kier molecular flexibility index (Phi) is 3.54. The van der Waals surface area contributed by atoms with E-state index in [-0.39, 0.29) is 12.8 Å². The van der Waals surface area contributed by atoms with Gasteiger partial charge in [-0.05, 0) is 11.6 Å². The smallest absolute Gasteiger partial charge is 0.229 e. The van der Waals surface area contributed by atoms with E-state index in [1.807, 2.05) is 35.2 Å². The van der Waals surface area contributed by atoms with Gasteiger partial charge in [0, 0.05) is 24.4 Å². The zero-order chi connectivity index (χ0) is 13.8. The van der Waals surface area contributed by atoms with Crippen LogP contribution in [0.5, 0.6) is 0 Å². The summed E-state index contributed by atoms with van der Waals surface area (Å²) >= 11 is 0. The van der Waals surface area contributed by atoms with Crippen LogP contribution in [0.15, 0.2) is 60.8 Å². The second kappa shape index (κ2) is 5.65. The van der Waals surface area contributed by atoms with Gasteiger partial charge < -0.3 is 14.0 Å². The van der Waals surface area contributed by atoms with E-state index in [9.17, 15) is 4.79 Å². The first-order valence-corrected chi connectivity index (χ1v) is 6.48. The molecular formula is C16H15NO3. The summed E-state index contributed by atoms with van der Waals surface area (Å²) in [7, 11) is 0. The van der Waals surface area contributed by atoms with Crippen molar-refractivity contribution in [1.82, 2.24) is 4.57 Å². The zero-order valence-corrected chi connectivity index (χ0v) is 10.9. The lowest BCUT2D eigenvalue weighted by molar-refractivity contribution is 0.0712. The summed E-state index contributed by atoms with van der Waals surface area (Å²) in [5, 5.41) is 0. The molecule has 0 saturated carbocycles. The lowest BCUT2D eigenvalue weighted by Crippen LogP contribution is -2.13. The molecule has 1 aliphatic heterocycles. The summed E-state index contributed by atoms with van der Waals surface area (Å²) in [4.78, 5) is 10.8. The molecular weight excluding hydrogens is 254 g/mol. The summed E-state index contributed by atoms with van der Waals surface area (Å²) < 4.78 is 12.7. The van der Waals surface area contributed by atoms with Gasteiger partial charge in [-0.3, -0.25) is 4.79 Å². The Morgan fingerprint density at radius 2 is 2.10 bits per heavy atom. The second-order valence-corrected chi connectivity index (χ2v) is 4.66. The van der Waals surface area contributed by atoms with Gasteiger partial charge in [-0.2, -0.15) is 0 Å². The number of benzene rings is 1. The third-order valence-electron chi connectivity index (χ3n) is 3.33. The molecule has 0 fully saturated rings. The van der Waals surface area contributed by atoms with Crippen LogP contribution in [0.1, 0.15) is 22.0 Å². The third kappa shape index (κ3) is 2.59.